The fraction of sp³-hybridized carbons (Fsp3) is 0.263. The van der Waals surface area contributed by atoms with Gasteiger partial charge in [0.05, 0.1) is 10.6 Å². The van der Waals surface area contributed by atoms with Gasteiger partial charge in [0.2, 0.25) is 0 Å². The van der Waals surface area contributed by atoms with Crippen LogP contribution in [0, 0.1) is 0 Å². The van der Waals surface area contributed by atoms with Gasteiger partial charge >= 0.3 is 6.03 Å². The van der Waals surface area contributed by atoms with Crippen LogP contribution in [-0.2, 0) is 6.42 Å². The van der Waals surface area contributed by atoms with E-state index in [-0.39, 0.29) is 5.91 Å². The number of carbonyl (C=O) groups is 2. The van der Waals surface area contributed by atoms with E-state index in [1.807, 2.05) is 0 Å². The van der Waals surface area contributed by atoms with Crippen molar-refractivity contribution in [1.82, 2.24) is 5.32 Å². The maximum atomic E-state index is 12.4. The molecule has 0 bridgehead atoms. The molecule has 1 aliphatic rings. The Hall–Kier alpha value is -2.53. The van der Waals surface area contributed by atoms with Crippen LogP contribution in [-0.4, -0.2) is 18.5 Å². The highest BCUT2D eigenvalue weighted by molar-refractivity contribution is 6.34. The van der Waals surface area contributed by atoms with Crippen molar-refractivity contribution in [1.29, 1.82) is 0 Å². The smallest absolute Gasteiger partial charge is 0.316 e. The first-order valence-corrected chi connectivity index (χ1v) is 8.64. The predicted octanol–water partition coefficient (Wildman–Crippen LogP) is 3.68. The van der Waals surface area contributed by atoms with Crippen molar-refractivity contribution < 1.29 is 9.59 Å². The molecule has 0 saturated carbocycles. The Labute approximate surface area is 151 Å². The first kappa shape index (κ1) is 17.3. The van der Waals surface area contributed by atoms with Gasteiger partial charge in [-0.05, 0) is 54.5 Å². The SMILES string of the molecule is NC(=O)Nc1ccc(Cl)c(C(=O)NCCC2CCc3ccccc32)c1. The summed E-state index contributed by atoms with van der Waals surface area (Å²) in [5.41, 5.74) is 8.65. The van der Waals surface area contributed by atoms with Crippen molar-refractivity contribution in [3.05, 3.63) is 64.2 Å². The lowest BCUT2D eigenvalue weighted by molar-refractivity contribution is 0.0952. The molecule has 1 aliphatic carbocycles. The van der Waals surface area contributed by atoms with Gasteiger partial charge in [-0.1, -0.05) is 35.9 Å². The zero-order valence-corrected chi connectivity index (χ0v) is 14.5. The van der Waals surface area contributed by atoms with E-state index in [4.69, 9.17) is 17.3 Å². The van der Waals surface area contributed by atoms with Gasteiger partial charge in [-0.25, -0.2) is 4.79 Å². The fourth-order valence-corrected chi connectivity index (χ4v) is 3.52. The Morgan fingerprint density at radius 1 is 1.20 bits per heavy atom. The van der Waals surface area contributed by atoms with Crippen molar-refractivity contribution in [3.63, 3.8) is 0 Å². The van der Waals surface area contributed by atoms with Gasteiger partial charge < -0.3 is 16.4 Å². The Balaban J connectivity index is 1.59. The normalized spacial score (nSPS) is 15.5. The van der Waals surface area contributed by atoms with E-state index in [0.717, 1.165) is 19.3 Å². The summed E-state index contributed by atoms with van der Waals surface area (Å²) >= 11 is 6.10. The summed E-state index contributed by atoms with van der Waals surface area (Å²) in [5, 5.41) is 5.68. The summed E-state index contributed by atoms with van der Waals surface area (Å²) in [6.45, 7) is 0.571. The molecule has 6 heteroatoms. The number of amides is 3. The second kappa shape index (κ2) is 7.57. The molecular weight excluding hydrogens is 338 g/mol. The van der Waals surface area contributed by atoms with Crippen LogP contribution >= 0.6 is 11.6 Å². The third kappa shape index (κ3) is 4.12. The monoisotopic (exact) mass is 357 g/mol. The maximum absolute atomic E-state index is 12.4. The minimum Gasteiger partial charge on any atom is -0.352 e. The molecule has 25 heavy (non-hydrogen) atoms. The van der Waals surface area contributed by atoms with Gasteiger partial charge in [-0.15, -0.1) is 0 Å². The van der Waals surface area contributed by atoms with E-state index in [1.165, 1.54) is 17.2 Å². The van der Waals surface area contributed by atoms with Crippen molar-refractivity contribution in [2.75, 3.05) is 11.9 Å². The molecule has 130 valence electrons. The molecule has 4 N–H and O–H groups in total. The van der Waals surface area contributed by atoms with E-state index < -0.39 is 6.03 Å². The highest BCUT2D eigenvalue weighted by atomic mass is 35.5. The second-order valence-electron chi connectivity index (χ2n) is 6.16. The Bertz CT molecular complexity index is 807. The fourth-order valence-electron chi connectivity index (χ4n) is 3.32. The standard InChI is InChI=1S/C19H20ClN3O2/c20-17-8-7-14(23-19(21)25)11-16(17)18(24)22-10-9-13-6-5-12-3-1-2-4-15(12)13/h1-4,7-8,11,13H,5-6,9-10H2,(H,22,24)(H3,21,23,25). The number of halogens is 1. The van der Waals surface area contributed by atoms with E-state index in [9.17, 15) is 9.59 Å². The highest BCUT2D eigenvalue weighted by Crippen LogP contribution is 2.34. The molecule has 1 atom stereocenters. The largest absolute Gasteiger partial charge is 0.352 e. The molecule has 5 nitrogen and oxygen atoms in total. The van der Waals surface area contributed by atoms with E-state index in [2.05, 4.69) is 34.9 Å². The average molecular weight is 358 g/mol. The average Bonchev–Trinajstić information content (AvgIpc) is 2.99. The summed E-state index contributed by atoms with van der Waals surface area (Å²) < 4.78 is 0. The molecule has 0 radical (unpaired) electrons. The Kier molecular flexibility index (Phi) is 5.24. The molecule has 3 amide bonds. The predicted molar refractivity (Wildman–Crippen MR) is 99.1 cm³/mol. The summed E-state index contributed by atoms with van der Waals surface area (Å²) in [7, 11) is 0. The van der Waals surface area contributed by atoms with Crippen LogP contribution in [0.25, 0.3) is 0 Å². The van der Waals surface area contributed by atoms with Crippen LogP contribution in [0.2, 0.25) is 5.02 Å². The topological polar surface area (TPSA) is 84.2 Å². The summed E-state index contributed by atoms with van der Waals surface area (Å²) in [6.07, 6.45) is 3.11. The van der Waals surface area contributed by atoms with Crippen LogP contribution in [0.4, 0.5) is 10.5 Å². The Morgan fingerprint density at radius 3 is 2.80 bits per heavy atom. The molecule has 0 aromatic heterocycles. The lowest BCUT2D eigenvalue weighted by atomic mass is 9.98. The number of nitrogens with two attached hydrogens (primary N) is 1. The van der Waals surface area contributed by atoms with Crippen LogP contribution in [0.15, 0.2) is 42.5 Å². The minimum absolute atomic E-state index is 0.260. The number of aryl methyl sites for hydroxylation is 1. The number of urea groups is 1. The Morgan fingerprint density at radius 2 is 2.00 bits per heavy atom. The highest BCUT2D eigenvalue weighted by Gasteiger charge is 2.21. The number of fused-ring (bicyclic) bond motifs is 1. The third-order valence-electron chi connectivity index (χ3n) is 4.51. The molecule has 0 spiro atoms. The van der Waals surface area contributed by atoms with Gasteiger partial charge in [0.1, 0.15) is 0 Å². The number of benzene rings is 2. The van der Waals surface area contributed by atoms with E-state index in [0.29, 0.717) is 28.7 Å². The molecule has 1 unspecified atom stereocenters. The summed E-state index contributed by atoms with van der Waals surface area (Å²) in [6, 6.07) is 12.5. The maximum Gasteiger partial charge on any atom is 0.316 e. The van der Waals surface area contributed by atoms with Crippen LogP contribution in [0.1, 0.15) is 40.2 Å². The van der Waals surface area contributed by atoms with Gasteiger partial charge in [-0.3, -0.25) is 4.79 Å². The number of nitrogens with one attached hydrogen (secondary N) is 2. The van der Waals surface area contributed by atoms with Crippen LogP contribution < -0.4 is 16.4 Å². The zero-order valence-electron chi connectivity index (χ0n) is 13.7. The van der Waals surface area contributed by atoms with E-state index >= 15 is 0 Å². The molecule has 2 aromatic rings. The lowest BCUT2D eigenvalue weighted by Crippen LogP contribution is -2.26. The zero-order chi connectivity index (χ0) is 17.8. The van der Waals surface area contributed by atoms with Gasteiger partial charge in [0.15, 0.2) is 0 Å². The molecule has 0 heterocycles. The number of carbonyl (C=O) groups excluding carboxylic acids is 2. The quantitative estimate of drug-likeness (QED) is 0.762. The van der Waals surface area contributed by atoms with Crippen molar-refractivity contribution in [2.45, 2.75) is 25.2 Å². The molecule has 2 aromatic carbocycles. The van der Waals surface area contributed by atoms with Gasteiger partial charge in [0.25, 0.3) is 5.91 Å². The number of hydrogen-bond acceptors (Lipinski definition) is 2. The molecular formula is C19H20ClN3O2. The van der Waals surface area contributed by atoms with E-state index in [1.54, 1.807) is 12.1 Å². The number of rotatable bonds is 5. The molecule has 0 aliphatic heterocycles. The third-order valence-corrected chi connectivity index (χ3v) is 4.84. The second-order valence-corrected chi connectivity index (χ2v) is 6.57. The van der Waals surface area contributed by atoms with Gasteiger partial charge in [0, 0.05) is 12.2 Å². The summed E-state index contributed by atoms with van der Waals surface area (Å²) in [5.74, 6) is 0.222. The lowest BCUT2D eigenvalue weighted by Gasteiger charge is -2.13. The number of primary amides is 1. The number of hydrogen-bond donors (Lipinski definition) is 3. The van der Waals surface area contributed by atoms with Crippen LogP contribution in [0.3, 0.4) is 0 Å². The van der Waals surface area contributed by atoms with Gasteiger partial charge in [-0.2, -0.15) is 0 Å². The van der Waals surface area contributed by atoms with Crippen molar-refractivity contribution >= 4 is 29.2 Å². The van der Waals surface area contributed by atoms with Crippen molar-refractivity contribution in [2.24, 2.45) is 5.73 Å². The molecule has 3 rings (SSSR count). The summed E-state index contributed by atoms with van der Waals surface area (Å²) in [4.78, 5) is 23.3. The number of anilines is 1. The minimum atomic E-state index is -0.687. The first-order chi connectivity index (χ1) is 12.0. The van der Waals surface area contributed by atoms with Crippen molar-refractivity contribution in [3.8, 4) is 0 Å². The molecule has 0 fully saturated rings. The first-order valence-electron chi connectivity index (χ1n) is 8.26. The van der Waals surface area contributed by atoms with Crippen LogP contribution in [0.5, 0.6) is 0 Å². The molecule has 0 saturated heterocycles.